The molecule has 0 radical (unpaired) electrons. The summed E-state index contributed by atoms with van der Waals surface area (Å²) < 4.78 is 27.3. The Bertz CT molecular complexity index is 1460. The number of benzene rings is 3. The predicted octanol–water partition coefficient (Wildman–Crippen LogP) is 4.61. The molecule has 3 aromatic carbocycles. The maximum atomic E-state index is 12.9. The number of esters is 1. The molecule has 1 heterocycles. The van der Waals surface area contributed by atoms with Gasteiger partial charge >= 0.3 is 5.97 Å². The van der Waals surface area contributed by atoms with Crippen molar-refractivity contribution in [2.75, 3.05) is 21.3 Å². The van der Waals surface area contributed by atoms with Crippen LogP contribution in [-0.2, 0) is 0 Å². The zero-order valence-corrected chi connectivity index (χ0v) is 18.9. The number of hydrogen-bond donors (Lipinski definition) is 0. The minimum absolute atomic E-state index is 0.119. The van der Waals surface area contributed by atoms with Crippen LogP contribution in [0.25, 0.3) is 22.3 Å². The second kappa shape index (κ2) is 9.56. The number of methoxy groups -OCH3 is 3. The molecule has 0 atom stereocenters. The lowest BCUT2D eigenvalue weighted by molar-refractivity contribution is -0.384. The molecule has 0 fully saturated rings. The zero-order chi connectivity index (χ0) is 25.1. The van der Waals surface area contributed by atoms with Crippen molar-refractivity contribution in [3.05, 3.63) is 86.6 Å². The minimum Gasteiger partial charge on any atom is -0.493 e. The van der Waals surface area contributed by atoms with E-state index in [1.807, 2.05) is 0 Å². The largest absolute Gasteiger partial charge is 0.493 e. The maximum Gasteiger partial charge on any atom is 0.343 e. The average molecular weight is 477 g/mol. The van der Waals surface area contributed by atoms with Gasteiger partial charge in [0.25, 0.3) is 5.69 Å². The van der Waals surface area contributed by atoms with Gasteiger partial charge in [0.15, 0.2) is 16.9 Å². The van der Waals surface area contributed by atoms with Crippen molar-refractivity contribution in [1.82, 2.24) is 0 Å². The van der Waals surface area contributed by atoms with E-state index in [9.17, 15) is 19.7 Å². The number of carbonyl (C=O) groups is 1. The highest BCUT2D eigenvalue weighted by atomic mass is 16.6. The SMILES string of the molecule is COc1cc(-c2cc(=O)c3cc(OC(=O)c4ccc([N+](=O)[O-])cc4)ccc3o2)cc(OC)c1OC. The average Bonchev–Trinajstić information content (AvgIpc) is 2.87. The zero-order valence-electron chi connectivity index (χ0n) is 18.9. The van der Waals surface area contributed by atoms with Gasteiger partial charge < -0.3 is 23.4 Å². The van der Waals surface area contributed by atoms with Crippen molar-refractivity contribution in [2.45, 2.75) is 0 Å². The summed E-state index contributed by atoms with van der Waals surface area (Å²) in [7, 11) is 4.45. The molecule has 35 heavy (non-hydrogen) atoms. The number of nitro benzene ring substituents is 1. The Morgan fingerprint density at radius 1 is 0.886 bits per heavy atom. The van der Waals surface area contributed by atoms with Crippen molar-refractivity contribution in [1.29, 1.82) is 0 Å². The molecule has 0 aliphatic carbocycles. The first kappa shape index (κ1) is 23.3. The van der Waals surface area contributed by atoms with E-state index < -0.39 is 10.9 Å². The molecule has 10 heteroatoms. The smallest absolute Gasteiger partial charge is 0.343 e. The minimum atomic E-state index is -0.724. The Kier molecular flexibility index (Phi) is 6.36. The van der Waals surface area contributed by atoms with Gasteiger partial charge in [0.2, 0.25) is 5.75 Å². The molecule has 4 aromatic rings. The highest BCUT2D eigenvalue weighted by molar-refractivity contribution is 5.92. The summed E-state index contributed by atoms with van der Waals surface area (Å²) in [4.78, 5) is 35.5. The summed E-state index contributed by atoms with van der Waals surface area (Å²) >= 11 is 0. The fraction of sp³-hybridized carbons (Fsp3) is 0.120. The number of fused-ring (bicyclic) bond motifs is 1. The van der Waals surface area contributed by atoms with Gasteiger partial charge in [-0.1, -0.05) is 0 Å². The lowest BCUT2D eigenvalue weighted by Gasteiger charge is -2.14. The Hall–Kier alpha value is -4.86. The highest BCUT2D eigenvalue weighted by Gasteiger charge is 2.17. The quantitative estimate of drug-likeness (QED) is 0.162. The normalized spacial score (nSPS) is 10.6. The number of hydrogen-bond acceptors (Lipinski definition) is 9. The number of ether oxygens (including phenoxy) is 4. The van der Waals surface area contributed by atoms with Gasteiger partial charge in [-0.25, -0.2) is 4.79 Å². The first-order valence-electron chi connectivity index (χ1n) is 10.2. The topological polar surface area (TPSA) is 127 Å². The summed E-state index contributed by atoms with van der Waals surface area (Å²) in [6.07, 6.45) is 0. The maximum absolute atomic E-state index is 12.9. The third-order valence-electron chi connectivity index (χ3n) is 5.17. The van der Waals surface area contributed by atoms with E-state index in [2.05, 4.69) is 0 Å². The molecule has 0 saturated heterocycles. The van der Waals surface area contributed by atoms with E-state index >= 15 is 0 Å². The van der Waals surface area contributed by atoms with Crippen LogP contribution in [0.4, 0.5) is 5.69 Å². The monoisotopic (exact) mass is 477 g/mol. The Morgan fingerprint density at radius 2 is 1.54 bits per heavy atom. The number of nitrogens with zero attached hydrogens (tertiary/aromatic N) is 1. The first-order valence-corrected chi connectivity index (χ1v) is 10.2. The lowest BCUT2D eigenvalue weighted by Crippen LogP contribution is -2.09. The fourth-order valence-electron chi connectivity index (χ4n) is 3.45. The van der Waals surface area contributed by atoms with Crippen molar-refractivity contribution in [2.24, 2.45) is 0 Å². The van der Waals surface area contributed by atoms with Crippen molar-refractivity contribution in [3.8, 4) is 34.3 Å². The molecule has 0 bridgehead atoms. The molecule has 0 amide bonds. The van der Waals surface area contributed by atoms with E-state index in [1.54, 1.807) is 12.1 Å². The molecule has 0 spiro atoms. The molecule has 1 aromatic heterocycles. The van der Waals surface area contributed by atoms with Gasteiger partial charge in [0.05, 0.1) is 37.2 Å². The van der Waals surface area contributed by atoms with E-state index in [0.717, 1.165) is 0 Å². The van der Waals surface area contributed by atoms with Crippen LogP contribution >= 0.6 is 0 Å². The number of rotatable bonds is 7. The molecule has 178 valence electrons. The van der Waals surface area contributed by atoms with Crippen LogP contribution in [0.2, 0.25) is 0 Å². The second-order valence-electron chi connectivity index (χ2n) is 7.24. The van der Waals surface area contributed by atoms with Gasteiger partial charge in [-0.2, -0.15) is 0 Å². The summed E-state index contributed by atoms with van der Waals surface area (Å²) in [5, 5.41) is 11.0. The molecule has 0 unspecified atom stereocenters. The summed E-state index contributed by atoms with van der Waals surface area (Å²) in [5.74, 6) is 0.876. The van der Waals surface area contributed by atoms with Crippen LogP contribution in [0.15, 0.2) is 69.9 Å². The lowest BCUT2D eigenvalue weighted by atomic mass is 10.1. The van der Waals surface area contributed by atoms with Crippen LogP contribution in [-0.4, -0.2) is 32.2 Å². The van der Waals surface area contributed by atoms with Crippen molar-refractivity contribution >= 4 is 22.6 Å². The molecular formula is C25H19NO9. The summed E-state index contributed by atoms with van der Waals surface area (Å²) in [6.45, 7) is 0. The van der Waals surface area contributed by atoms with Gasteiger partial charge in [-0.15, -0.1) is 0 Å². The van der Waals surface area contributed by atoms with Crippen LogP contribution in [0.1, 0.15) is 10.4 Å². The van der Waals surface area contributed by atoms with E-state index in [4.69, 9.17) is 23.4 Å². The standard InChI is InChI=1S/C25H19NO9/c1-31-22-10-15(11-23(32-2)24(22)33-3)21-13-19(27)18-12-17(8-9-20(18)35-21)34-25(28)14-4-6-16(7-5-14)26(29)30/h4-13H,1-3H3. The van der Waals surface area contributed by atoms with Crippen molar-refractivity contribution < 1.29 is 33.1 Å². The number of carbonyl (C=O) groups excluding carboxylic acids is 1. The first-order chi connectivity index (χ1) is 16.8. The summed E-state index contributed by atoms with van der Waals surface area (Å²) in [6, 6.07) is 14.0. The third-order valence-corrected chi connectivity index (χ3v) is 5.17. The van der Waals surface area contributed by atoms with Gasteiger partial charge in [-0.3, -0.25) is 14.9 Å². The molecular weight excluding hydrogens is 458 g/mol. The van der Waals surface area contributed by atoms with Crippen LogP contribution in [0, 0.1) is 10.1 Å². The molecule has 0 N–H and O–H groups in total. The Balaban J connectivity index is 1.66. The van der Waals surface area contributed by atoms with E-state index in [0.29, 0.717) is 22.8 Å². The predicted molar refractivity (Wildman–Crippen MR) is 126 cm³/mol. The number of nitro groups is 1. The second-order valence-corrected chi connectivity index (χ2v) is 7.24. The molecule has 0 aliphatic heterocycles. The summed E-state index contributed by atoms with van der Waals surface area (Å²) in [5.41, 5.74) is 0.431. The molecule has 0 aliphatic rings. The van der Waals surface area contributed by atoms with Gasteiger partial charge in [-0.05, 0) is 42.5 Å². The molecule has 0 saturated carbocycles. The Morgan fingerprint density at radius 3 is 2.11 bits per heavy atom. The van der Waals surface area contributed by atoms with Crippen LogP contribution in [0.5, 0.6) is 23.0 Å². The van der Waals surface area contributed by atoms with Crippen molar-refractivity contribution in [3.63, 3.8) is 0 Å². The van der Waals surface area contributed by atoms with Crippen LogP contribution < -0.4 is 24.4 Å². The van der Waals surface area contributed by atoms with Gasteiger partial charge in [0.1, 0.15) is 17.1 Å². The van der Waals surface area contributed by atoms with Gasteiger partial charge in [0, 0.05) is 23.8 Å². The Labute approximate surface area is 198 Å². The highest BCUT2D eigenvalue weighted by Crippen LogP contribution is 2.41. The van der Waals surface area contributed by atoms with Crippen LogP contribution in [0.3, 0.4) is 0 Å². The van der Waals surface area contributed by atoms with E-state index in [1.165, 1.54) is 69.9 Å². The number of non-ortho nitro benzene ring substituents is 1. The third kappa shape index (κ3) is 4.62. The fourth-order valence-corrected chi connectivity index (χ4v) is 3.45. The van der Waals surface area contributed by atoms with E-state index in [-0.39, 0.29) is 39.2 Å². The molecule has 4 rings (SSSR count). The molecule has 10 nitrogen and oxygen atoms in total.